The summed E-state index contributed by atoms with van der Waals surface area (Å²) in [6, 6.07) is 38.3. The molecule has 2 N–H and O–H groups in total. The Morgan fingerprint density at radius 1 is 0.827 bits per heavy atom. The number of nitro groups is 1. The van der Waals surface area contributed by atoms with Gasteiger partial charge in [-0.15, -0.1) is 11.8 Å². The first-order valence-electron chi connectivity index (χ1n) is 16.7. The van der Waals surface area contributed by atoms with Crippen molar-refractivity contribution < 1.29 is 13.7 Å². The maximum atomic E-state index is 13.2. The van der Waals surface area contributed by atoms with Gasteiger partial charge < -0.3 is 24.4 Å². The summed E-state index contributed by atoms with van der Waals surface area (Å²) in [5.41, 5.74) is 6.02. The minimum absolute atomic E-state index is 0.111. The molecule has 52 heavy (non-hydrogen) atoms. The molecule has 2 heterocycles. The van der Waals surface area contributed by atoms with E-state index in [1.165, 1.54) is 6.07 Å². The molecular weight excluding hydrogens is 716 g/mol. The van der Waals surface area contributed by atoms with Crippen LogP contribution in [0, 0.1) is 10.1 Å². The van der Waals surface area contributed by atoms with Gasteiger partial charge in [-0.05, 0) is 90.5 Å². The van der Waals surface area contributed by atoms with Crippen molar-refractivity contribution in [1.82, 2.24) is 5.16 Å². The van der Waals surface area contributed by atoms with E-state index in [9.17, 15) is 14.3 Å². The number of nitrogens with zero attached hydrogens (tertiary/aromatic N) is 4. The first-order chi connectivity index (χ1) is 25.4. The molecule has 0 spiro atoms. The standard InChI is InChI=1S/C39H35ClN6O4S2/c40-30-11-9-28(10-12-30)39-36(27-42-50-39)29-5-4-6-33(25-29)45-22-20-44(21-23-45)32-15-13-31(14-16-32)43-52(49)35-17-18-37(38(26-35)46(47)48)41-19-24-51-34-7-2-1-3-8-34/h1-18,25-27,41,43H,19-24H2. The molecule has 0 radical (unpaired) electrons. The number of nitrogens with one attached hydrogen (secondary N) is 2. The van der Waals surface area contributed by atoms with E-state index >= 15 is 0 Å². The van der Waals surface area contributed by atoms with E-state index in [-0.39, 0.29) is 5.69 Å². The van der Waals surface area contributed by atoms with Crippen LogP contribution in [0.5, 0.6) is 0 Å². The Morgan fingerprint density at radius 3 is 2.29 bits per heavy atom. The SMILES string of the molecule is O=[N+]([O-])c1cc(S(=O)Nc2ccc(N3CCN(c4cccc(-c5cnoc5-c5ccc(Cl)cc5)c4)CC3)cc2)ccc1NCCSc1ccccc1. The minimum Gasteiger partial charge on any atom is -0.379 e. The average Bonchev–Trinajstić information content (AvgIpc) is 3.68. The highest BCUT2D eigenvalue weighted by molar-refractivity contribution is 7.99. The van der Waals surface area contributed by atoms with Crippen molar-refractivity contribution in [2.45, 2.75) is 9.79 Å². The van der Waals surface area contributed by atoms with Gasteiger partial charge >= 0.3 is 0 Å². The fourth-order valence-corrected chi connectivity index (χ4v) is 7.85. The van der Waals surface area contributed by atoms with Crippen molar-refractivity contribution in [2.75, 3.05) is 58.3 Å². The monoisotopic (exact) mass is 750 g/mol. The maximum Gasteiger partial charge on any atom is 0.293 e. The number of hydrogen-bond acceptors (Lipinski definition) is 9. The second kappa shape index (κ2) is 16.4. The molecule has 0 amide bonds. The van der Waals surface area contributed by atoms with Gasteiger partial charge in [0, 0.05) is 82.7 Å². The first kappa shape index (κ1) is 35.1. The molecule has 10 nitrogen and oxygen atoms in total. The van der Waals surface area contributed by atoms with Crippen LogP contribution < -0.4 is 19.8 Å². The number of piperazine rings is 1. The zero-order valence-corrected chi connectivity index (χ0v) is 30.4. The number of aromatic nitrogens is 1. The Balaban J connectivity index is 0.931. The zero-order chi connectivity index (χ0) is 35.9. The van der Waals surface area contributed by atoms with Crippen molar-refractivity contribution in [1.29, 1.82) is 0 Å². The van der Waals surface area contributed by atoms with E-state index in [4.69, 9.17) is 16.1 Å². The summed E-state index contributed by atoms with van der Waals surface area (Å²) in [7, 11) is -1.69. The summed E-state index contributed by atoms with van der Waals surface area (Å²) < 4.78 is 21.8. The van der Waals surface area contributed by atoms with Crippen LogP contribution in [0.25, 0.3) is 22.5 Å². The Morgan fingerprint density at radius 2 is 1.56 bits per heavy atom. The predicted octanol–water partition coefficient (Wildman–Crippen LogP) is 9.24. The Hall–Kier alpha value is -5.30. The third kappa shape index (κ3) is 8.42. The number of nitro benzene ring substituents is 1. The molecule has 0 saturated carbocycles. The number of benzene rings is 5. The largest absolute Gasteiger partial charge is 0.379 e. The molecule has 0 bridgehead atoms. The lowest BCUT2D eigenvalue weighted by molar-refractivity contribution is -0.384. The Labute approximate surface area is 313 Å². The molecule has 7 rings (SSSR count). The number of hydrogen-bond donors (Lipinski definition) is 2. The molecule has 1 aliphatic rings. The topological polar surface area (TPSA) is 117 Å². The van der Waals surface area contributed by atoms with E-state index in [1.807, 2.05) is 78.9 Å². The molecule has 13 heteroatoms. The van der Waals surface area contributed by atoms with Gasteiger partial charge in [-0.3, -0.25) is 10.1 Å². The normalized spacial score (nSPS) is 13.5. The summed E-state index contributed by atoms with van der Waals surface area (Å²) in [4.78, 5) is 17.6. The Bertz CT molecular complexity index is 2160. The third-order valence-corrected chi connectivity index (χ3v) is 11.1. The quantitative estimate of drug-likeness (QED) is 0.0516. The van der Waals surface area contributed by atoms with Gasteiger partial charge in [-0.1, -0.05) is 47.1 Å². The number of halogens is 1. The molecule has 6 aromatic rings. The van der Waals surface area contributed by atoms with E-state index in [0.29, 0.717) is 33.6 Å². The van der Waals surface area contributed by atoms with E-state index in [2.05, 4.69) is 49.3 Å². The summed E-state index contributed by atoms with van der Waals surface area (Å²) in [6.45, 7) is 3.90. The maximum absolute atomic E-state index is 13.2. The third-order valence-electron chi connectivity index (χ3n) is 8.73. The van der Waals surface area contributed by atoms with Crippen molar-refractivity contribution in [3.8, 4) is 22.5 Å². The van der Waals surface area contributed by atoms with Gasteiger partial charge in [0.05, 0.1) is 16.0 Å². The first-order valence-corrected chi connectivity index (χ1v) is 19.2. The smallest absolute Gasteiger partial charge is 0.293 e. The van der Waals surface area contributed by atoms with Crippen LogP contribution in [0.4, 0.5) is 28.4 Å². The fraction of sp³-hybridized carbons (Fsp3) is 0.154. The zero-order valence-electron chi connectivity index (χ0n) is 28.0. The second-order valence-electron chi connectivity index (χ2n) is 12.0. The van der Waals surface area contributed by atoms with Gasteiger partial charge in [0.15, 0.2) is 16.7 Å². The molecule has 1 aromatic heterocycles. The van der Waals surface area contributed by atoms with Crippen LogP contribution in [0.3, 0.4) is 0 Å². The van der Waals surface area contributed by atoms with Crippen LogP contribution in [-0.2, 0) is 11.0 Å². The van der Waals surface area contributed by atoms with Gasteiger partial charge in [0.2, 0.25) is 0 Å². The van der Waals surface area contributed by atoms with Crippen molar-refractivity contribution in [3.63, 3.8) is 0 Å². The summed E-state index contributed by atoms with van der Waals surface area (Å²) in [5.74, 6) is 1.45. The summed E-state index contributed by atoms with van der Waals surface area (Å²) in [5, 5.41) is 19.7. The molecule has 264 valence electrons. The van der Waals surface area contributed by atoms with Crippen LogP contribution in [0.2, 0.25) is 5.02 Å². The van der Waals surface area contributed by atoms with Gasteiger partial charge in [0.1, 0.15) is 5.69 Å². The minimum atomic E-state index is -1.69. The lowest BCUT2D eigenvalue weighted by Gasteiger charge is -2.37. The number of rotatable bonds is 13. The molecule has 1 aliphatic heterocycles. The van der Waals surface area contributed by atoms with Crippen molar-refractivity contribution in [3.05, 3.63) is 143 Å². The van der Waals surface area contributed by atoms with Crippen LogP contribution in [0.15, 0.2) is 142 Å². The molecule has 1 fully saturated rings. The molecule has 5 aromatic carbocycles. The van der Waals surface area contributed by atoms with Crippen molar-refractivity contribution >= 4 is 62.8 Å². The van der Waals surface area contributed by atoms with Crippen molar-refractivity contribution in [2.24, 2.45) is 0 Å². The molecular formula is C39H35ClN6O4S2. The van der Waals surface area contributed by atoms with Gasteiger partial charge in [0.25, 0.3) is 5.69 Å². The van der Waals surface area contributed by atoms with E-state index in [1.54, 1.807) is 30.1 Å². The molecule has 1 unspecified atom stereocenters. The van der Waals surface area contributed by atoms with Gasteiger partial charge in [-0.25, -0.2) is 4.21 Å². The molecule has 1 saturated heterocycles. The van der Waals surface area contributed by atoms with E-state index < -0.39 is 15.9 Å². The molecule has 0 aliphatic carbocycles. The average molecular weight is 751 g/mol. The summed E-state index contributed by atoms with van der Waals surface area (Å²) >= 11 is 7.75. The lowest BCUT2D eigenvalue weighted by atomic mass is 10.0. The number of anilines is 4. The second-order valence-corrected chi connectivity index (χ2v) is 14.9. The van der Waals surface area contributed by atoms with Crippen LogP contribution in [0.1, 0.15) is 0 Å². The summed E-state index contributed by atoms with van der Waals surface area (Å²) in [6.07, 6.45) is 1.75. The highest BCUT2D eigenvalue weighted by Gasteiger charge is 2.21. The number of thioether (sulfide) groups is 1. The fourth-order valence-electron chi connectivity index (χ4n) is 6.05. The van der Waals surface area contributed by atoms with Crippen LogP contribution >= 0.6 is 23.4 Å². The molecule has 1 atom stereocenters. The highest BCUT2D eigenvalue weighted by Crippen LogP contribution is 2.35. The Kier molecular flexibility index (Phi) is 11.1. The predicted molar refractivity (Wildman–Crippen MR) is 212 cm³/mol. The van der Waals surface area contributed by atoms with Crippen LogP contribution in [-0.4, -0.2) is 52.8 Å². The van der Waals surface area contributed by atoms with E-state index in [0.717, 1.165) is 64.9 Å². The van der Waals surface area contributed by atoms with Gasteiger partial charge in [-0.2, -0.15) is 0 Å². The lowest BCUT2D eigenvalue weighted by Crippen LogP contribution is -2.46. The highest BCUT2D eigenvalue weighted by atomic mass is 35.5.